The standard InChI is InChI=1S/C23H25N3O4/c1-28-20-4-2-17(3-5-20)22(18-6-8-24-9-7-18)25-23(27)19-14-21(30-16-19)15-26-10-12-29-13-11-26/h2-9,14,16,22H,10-13,15H2,1H3,(H,25,27)/t22-/m0/s1. The van der Waals surface area contributed by atoms with E-state index in [1.807, 2.05) is 42.5 Å². The number of carbonyl (C=O) groups is 1. The smallest absolute Gasteiger partial charge is 0.255 e. The third-order valence-corrected chi connectivity index (χ3v) is 5.16. The van der Waals surface area contributed by atoms with E-state index in [1.165, 1.54) is 6.26 Å². The van der Waals surface area contributed by atoms with Crippen LogP contribution in [0.4, 0.5) is 0 Å². The first-order chi connectivity index (χ1) is 14.7. The van der Waals surface area contributed by atoms with Crippen molar-refractivity contribution in [2.75, 3.05) is 33.4 Å². The molecular formula is C23H25N3O4. The van der Waals surface area contributed by atoms with E-state index in [0.29, 0.717) is 12.1 Å². The summed E-state index contributed by atoms with van der Waals surface area (Å²) in [6, 6.07) is 12.9. The molecule has 0 bridgehead atoms. The zero-order valence-corrected chi connectivity index (χ0v) is 16.9. The van der Waals surface area contributed by atoms with Crippen molar-refractivity contribution in [1.29, 1.82) is 0 Å². The quantitative estimate of drug-likeness (QED) is 0.649. The minimum absolute atomic E-state index is 0.190. The number of ether oxygens (including phenoxy) is 2. The van der Waals surface area contributed by atoms with Crippen LogP contribution in [0.25, 0.3) is 0 Å². The van der Waals surface area contributed by atoms with Crippen LogP contribution < -0.4 is 10.1 Å². The molecule has 0 aliphatic carbocycles. The van der Waals surface area contributed by atoms with Crippen molar-refractivity contribution >= 4 is 5.91 Å². The summed E-state index contributed by atoms with van der Waals surface area (Å²) in [7, 11) is 1.63. The van der Waals surface area contributed by atoms with Gasteiger partial charge in [-0.05, 0) is 41.5 Å². The van der Waals surface area contributed by atoms with E-state index < -0.39 is 0 Å². The van der Waals surface area contributed by atoms with Gasteiger partial charge in [-0.3, -0.25) is 14.7 Å². The second-order valence-corrected chi connectivity index (χ2v) is 7.15. The third kappa shape index (κ3) is 4.87. The Morgan fingerprint density at radius 3 is 2.53 bits per heavy atom. The van der Waals surface area contributed by atoms with E-state index in [1.54, 1.807) is 19.5 Å². The van der Waals surface area contributed by atoms with Gasteiger partial charge in [-0.15, -0.1) is 0 Å². The number of nitrogens with one attached hydrogen (secondary N) is 1. The zero-order valence-electron chi connectivity index (χ0n) is 16.9. The van der Waals surface area contributed by atoms with E-state index in [-0.39, 0.29) is 11.9 Å². The van der Waals surface area contributed by atoms with Crippen molar-refractivity contribution in [3.63, 3.8) is 0 Å². The van der Waals surface area contributed by atoms with E-state index in [9.17, 15) is 4.79 Å². The summed E-state index contributed by atoms with van der Waals surface area (Å²) >= 11 is 0. The number of methoxy groups -OCH3 is 1. The van der Waals surface area contributed by atoms with Gasteiger partial charge in [-0.2, -0.15) is 0 Å². The SMILES string of the molecule is COc1ccc([C@H](NC(=O)c2coc(CN3CCOCC3)c2)c2ccncc2)cc1. The minimum atomic E-state index is -0.316. The number of nitrogens with zero attached hydrogens (tertiary/aromatic N) is 2. The molecule has 1 aromatic carbocycles. The van der Waals surface area contributed by atoms with Gasteiger partial charge in [0.05, 0.1) is 38.5 Å². The number of furan rings is 1. The Morgan fingerprint density at radius 1 is 1.13 bits per heavy atom. The van der Waals surface area contributed by atoms with Crippen molar-refractivity contribution in [1.82, 2.24) is 15.2 Å². The maximum atomic E-state index is 13.0. The molecule has 0 radical (unpaired) electrons. The lowest BCUT2D eigenvalue weighted by Crippen LogP contribution is -2.35. The van der Waals surface area contributed by atoms with Gasteiger partial charge in [0.1, 0.15) is 17.8 Å². The maximum Gasteiger partial charge on any atom is 0.255 e. The van der Waals surface area contributed by atoms with E-state index in [2.05, 4.69) is 15.2 Å². The molecule has 3 aromatic rings. The summed E-state index contributed by atoms with van der Waals surface area (Å²) in [5, 5.41) is 3.12. The molecule has 2 aromatic heterocycles. The van der Waals surface area contributed by atoms with Gasteiger partial charge >= 0.3 is 0 Å². The highest BCUT2D eigenvalue weighted by Crippen LogP contribution is 2.24. The Hall–Kier alpha value is -3.16. The molecule has 1 amide bonds. The molecule has 7 heteroatoms. The molecule has 156 valence electrons. The molecule has 0 saturated carbocycles. The molecule has 4 rings (SSSR count). The molecule has 1 aliphatic heterocycles. The van der Waals surface area contributed by atoms with Crippen molar-refractivity contribution in [3.05, 3.63) is 83.6 Å². The van der Waals surface area contributed by atoms with Crippen LogP contribution in [0, 0.1) is 0 Å². The molecule has 1 N–H and O–H groups in total. The van der Waals surface area contributed by atoms with Crippen LogP contribution in [0.5, 0.6) is 5.75 Å². The van der Waals surface area contributed by atoms with Gasteiger partial charge in [-0.1, -0.05) is 12.1 Å². The lowest BCUT2D eigenvalue weighted by Gasteiger charge is -2.25. The molecule has 0 unspecified atom stereocenters. The van der Waals surface area contributed by atoms with Crippen molar-refractivity contribution < 1.29 is 18.7 Å². The van der Waals surface area contributed by atoms with Crippen LogP contribution in [0.2, 0.25) is 0 Å². The number of benzene rings is 1. The fourth-order valence-electron chi connectivity index (χ4n) is 3.49. The average molecular weight is 407 g/mol. The molecule has 1 fully saturated rings. The molecule has 1 atom stereocenters. The molecule has 1 aliphatic rings. The minimum Gasteiger partial charge on any atom is -0.497 e. The lowest BCUT2D eigenvalue weighted by atomic mass is 9.99. The number of aromatic nitrogens is 1. The molecule has 0 spiro atoms. The van der Waals surface area contributed by atoms with Crippen LogP contribution in [0.1, 0.15) is 33.3 Å². The van der Waals surface area contributed by atoms with Crippen molar-refractivity contribution in [2.24, 2.45) is 0 Å². The molecule has 7 nitrogen and oxygen atoms in total. The number of amides is 1. The second-order valence-electron chi connectivity index (χ2n) is 7.15. The number of pyridine rings is 1. The maximum absolute atomic E-state index is 13.0. The summed E-state index contributed by atoms with van der Waals surface area (Å²) in [6.07, 6.45) is 4.95. The second kappa shape index (κ2) is 9.56. The third-order valence-electron chi connectivity index (χ3n) is 5.16. The number of rotatable bonds is 7. The number of morpholine rings is 1. The van der Waals surface area contributed by atoms with Crippen LogP contribution in [-0.2, 0) is 11.3 Å². The van der Waals surface area contributed by atoms with Crippen LogP contribution in [0.15, 0.2) is 65.5 Å². The summed E-state index contributed by atoms with van der Waals surface area (Å²) in [6.45, 7) is 3.85. The van der Waals surface area contributed by atoms with Gasteiger partial charge in [0, 0.05) is 25.5 Å². The predicted molar refractivity (Wildman–Crippen MR) is 111 cm³/mol. The Kier molecular flexibility index (Phi) is 6.41. The molecule has 3 heterocycles. The van der Waals surface area contributed by atoms with Crippen molar-refractivity contribution in [2.45, 2.75) is 12.6 Å². The zero-order chi connectivity index (χ0) is 20.8. The molecule has 30 heavy (non-hydrogen) atoms. The molecular weight excluding hydrogens is 382 g/mol. The first kappa shape index (κ1) is 20.1. The van der Waals surface area contributed by atoms with Crippen molar-refractivity contribution in [3.8, 4) is 5.75 Å². The highest BCUT2D eigenvalue weighted by Gasteiger charge is 2.20. The molecule has 1 saturated heterocycles. The Balaban J connectivity index is 1.50. The number of carbonyl (C=O) groups excluding carboxylic acids is 1. The highest BCUT2D eigenvalue weighted by atomic mass is 16.5. The van der Waals surface area contributed by atoms with E-state index in [0.717, 1.165) is 48.9 Å². The first-order valence-electron chi connectivity index (χ1n) is 9.95. The van der Waals surface area contributed by atoms with E-state index >= 15 is 0 Å². The van der Waals surface area contributed by atoms with Crippen LogP contribution in [-0.4, -0.2) is 49.2 Å². The predicted octanol–water partition coefficient (Wildman–Crippen LogP) is 3.03. The fourth-order valence-corrected chi connectivity index (χ4v) is 3.49. The van der Waals surface area contributed by atoms with Gasteiger partial charge in [-0.25, -0.2) is 0 Å². The Labute approximate surface area is 175 Å². The highest BCUT2D eigenvalue weighted by molar-refractivity contribution is 5.94. The van der Waals surface area contributed by atoms with Crippen LogP contribution in [0.3, 0.4) is 0 Å². The largest absolute Gasteiger partial charge is 0.497 e. The summed E-state index contributed by atoms with van der Waals surface area (Å²) in [5.74, 6) is 1.35. The van der Waals surface area contributed by atoms with E-state index in [4.69, 9.17) is 13.9 Å². The lowest BCUT2D eigenvalue weighted by molar-refractivity contribution is 0.0313. The topological polar surface area (TPSA) is 76.8 Å². The van der Waals surface area contributed by atoms with Gasteiger partial charge in [0.2, 0.25) is 0 Å². The summed E-state index contributed by atoms with van der Waals surface area (Å²) in [5.41, 5.74) is 2.40. The summed E-state index contributed by atoms with van der Waals surface area (Å²) in [4.78, 5) is 19.3. The number of hydrogen-bond acceptors (Lipinski definition) is 6. The number of hydrogen-bond donors (Lipinski definition) is 1. The van der Waals surface area contributed by atoms with Gasteiger partial charge in [0.25, 0.3) is 5.91 Å². The Bertz CT molecular complexity index is 950. The average Bonchev–Trinajstić information content (AvgIpc) is 3.27. The monoisotopic (exact) mass is 407 g/mol. The fraction of sp³-hybridized carbons (Fsp3) is 0.304. The van der Waals surface area contributed by atoms with Gasteiger partial charge < -0.3 is 19.2 Å². The first-order valence-corrected chi connectivity index (χ1v) is 9.95. The van der Waals surface area contributed by atoms with Crippen LogP contribution >= 0.6 is 0 Å². The normalized spacial score (nSPS) is 15.5. The summed E-state index contributed by atoms with van der Waals surface area (Å²) < 4.78 is 16.3. The Morgan fingerprint density at radius 2 is 1.83 bits per heavy atom. The van der Waals surface area contributed by atoms with Gasteiger partial charge in [0.15, 0.2) is 0 Å².